The van der Waals surface area contributed by atoms with E-state index in [0.717, 1.165) is 46.4 Å². The number of aromatic hydroxyl groups is 2. The fourth-order valence-corrected chi connectivity index (χ4v) is 11.3. The number of phenolic OH excluding ortho intramolecular Hbond substituents is 2. The number of aliphatic imine (C=N–C) groups is 2. The number of benzene rings is 4. The summed E-state index contributed by atoms with van der Waals surface area (Å²) in [7, 11) is 1.31. The van der Waals surface area contributed by atoms with Crippen molar-refractivity contribution in [3.8, 4) is 11.5 Å². The predicted molar refractivity (Wildman–Crippen MR) is 356 cm³/mol. The molecule has 12 atom stereocenters. The maximum absolute atomic E-state index is 15.2. The number of phenols is 2. The summed E-state index contributed by atoms with van der Waals surface area (Å²) in [6.45, 7) is 1.71. The number of nitrogens with zero attached hydrogens (tertiary/aromatic N) is 3. The number of aromatic nitrogens is 1. The van der Waals surface area contributed by atoms with Gasteiger partial charge in [0, 0.05) is 56.0 Å². The van der Waals surface area contributed by atoms with Crippen molar-refractivity contribution in [2.75, 3.05) is 44.0 Å². The van der Waals surface area contributed by atoms with E-state index in [1.807, 2.05) is 18.2 Å². The molecule has 6 rings (SSSR count). The van der Waals surface area contributed by atoms with Crippen LogP contribution in [0.3, 0.4) is 0 Å². The molecule has 0 aliphatic carbocycles. The van der Waals surface area contributed by atoms with Crippen LogP contribution in [0.2, 0.25) is 0 Å². The molecule has 1 aliphatic rings. The molecule has 32 heteroatoms. The number of H-pyrrole nitrogens is 1. The molecule has 0 unspecified atom stereocenters. The number of unbranched alkanes of at least 4 members (excludes halogenated alkanes) is 1. The molecule has 0 bridgehead atoms. The third-order valence-corrected chi connectivity index (χ3v) is 17.1. The molecule has 5 aromatic rings. The molecule has 1 aromatic heterocycles. The standard InChI is InChI=1S/C65H87N13O15S2.O.Tc/c1-36(80)52(33-79)75-62(90)53(34-94)76-60(88)48(27-39-16-20-42(82)21-17-39)71-57(85)45(67)32-69-55(84)35-95-26-24-54-63(91)73-49(28-40-18-22-43(83)23-19-40)59(87)72-50(30-41-31-68-46-14-8-7-13-44(41)46)61(89)70-47(15-9-10-25-66)58(86)77-56(37(2)81)64(92)74-51(65(93)78(54)3)29-38-11-5-4-6-12-38;;/h4-8,11-14,16-23,31,36-37,45,47-54,56,68,79-83,94H,9-10,15,24-30,32-35,66-67H2,1-3H3,(H,69,84)(H,70,89)(H,71,85)(H,72,87)(H,73,91)(H,74,92)(H,75,90)(H,76,88)(H,77,86);;/q;;+3/p-3/t36-,37-,45+,47+,48+,49+,50-,51+,52-,53+,54+,56+;;/m1../s1/i;;1+1. The first-order chi connectivity index (χ1) is 46.4. The summed E-state index contributed by atoms with van der Waals surface area (Å²) in [5, 5.41) is 97.2. The quantitative estimate of drug-likeness (QED) is 0.00966. The number of hydrogen-bond acceptors (Lipinski definition) is 22. The molecule has 0 saturated carbocycles. The number of amides is 8. The van der Waals surface area contributed by atoms with Gasteiger partial charge in [-0.05, 0) is 123 Å². The van der Waals surface area contributed by atoms with Crippen molar-refractivity contribution in [3.05, 3.63) is 132 Å². The monoisotopic (exact) mass is 1470 g/mol. The summed E-state index contributed by atoms with van der Waals surface area (Å²) in [6, 6.07) is 12.7. The van der Waals surface area contributed by atoms with Crippen molar-refractivity contribution in [2.45, 2.75) is 138 Å². The predicted octanol–water partition coefficient (Wildman–Crippen LogP) is -3.27. The van der Waals surface area contributed by atoms with Gasteiger partial charge in [-0.3, -0.25) is 48.3 Å². The minimum atomic E-state index is -1.70. The van der Waals surface area contributed by atoms with Crippen LogP contribution in [0.15, 0.2) is 119 Å². The molecule has 97 heavy (non-hydrogen) atoms. The first-order valence-electron chi connectivity index (χ1n) is 31.1. The number of nitrogens with one attached hydrogen (secondary N) is 8. The molecule has 1 fully saturated rings. The number of nitrogens with two attached hydrogens (primary N) is 2. The van der Waals surface area contributed by atoms with E-state index >= 15 is 14.4 Å². The number of carbonyl (C=O) groups is 8. The van der Waals surface area contributed by atoms with E-state index in [1.54, 1.807) is 42.6 Å². The molecule has 17 N–H and O–H groups in total. The zero-order valence-electron chi connectivity index (χ0n) is 53.6. The summed E-state index contributed by atoms with van der Waals surface area (Å²) in [6.07, 6.45) is -1.23. The second-order valence-corrected chi connectivity index (χ2v) is 24.6. The molecule has 4 aromatic carbocycles. The molecular weight excluding hydrogens is 1380 g/mol. The summed E-state index contributed by atoms with van der Waals surface area (Å²) in [5.74, 6) is -9.72. The Bertz CT molecular complexity index is 3460. The molecule has 1 aliphatic heterocycles. The van der Waals surface area contributed by atoms with E-state index in [1.165, 1.54) is 69.4 Å². The van der Waals surface area contributed by atoms with Gasteiger partial charge in [-0.25, -0.2) is 0 Å². The van der Waals surface area contributed by atoms with Gasteiger partial charge in [-0.2, -0.15) is 11.8 Å². The summed E-state index contributed by atoms with van der Waals surface area (Å²) in [4.78, 5) is 128. The average molecular weight is 1470 g/mol. The average Bonchev–Trinajstić information content (AvgIpc) is 1.79. The van der Waals surface area contributed by atoms with E-state index in [2.05, 4.69) is 52.2 Å². The van der Waals surface area contributed by atoms with E-state index in [9.17, 15) is 59.7 Å². The molecule has 29 nitrogen and oxygen atoms in total. The summed E-state index contributed by atoms with van der Waals surface area (Å²) >= 11 is 6.98. The van der Waals surface area contributed by atoms with Gasteiger partial charge in [0.15, 0.2) is 0 Å². The van der Waals surface area contributed by atoms with Crippen LogP contribution in [0.4, 0.5) is 0 Å². The van der Waals surface area contributed by atoms with Crippen molar-refractivity contribution in [1.82, 2.24) is 47.1 Å². The second-order valence-electron chi connectivity index (χ2n) is 23.1. The Labute approximate surface area is 581 Å². The van der Waals surface area contributed by atoms with Crippen LogP contribution in [0, 0.1) is 0 Å². The Hall–Kier alpha value is -8.33. The molecule has 524 valence electrons. The number of fused-ring (bicyclic) bond motifs is 1. The van der Waals surface area contributed by atoms with Gasteiger partial charge >= 0.3 is 22.4 Å². The first kappa shape index (κ1) is 79.4. The van der Waals surface area contributed by atoms with Crippen LogP contribution >= 0.6 is 11.8 Å². The number of aliphatic hydroxyl groups is 3. The fraction of sp³-hybridized carbons (Fsp3) is 0.446. The SMILES string of the molecule is C[C@@H](O)[C@@H]1NC(=O)[C@H](CCCCN)NC(=O)[C@@H](Cc2c[nH]c3ccccc23)NC(=O)[C@H](Cc2ccc(O)cc2)NC(=O)[C@H](CCSCC(=O)NC[C@H](N)C([O-])=N[C@@H](Cc2ccc(O)cc2)C([O-])=N[C@@H](C[S-])C(=O)N[C@H](CO)[C@@H](C)O)N(C)C(=O)[C@H](Cc2ccccc2)NC1=O.[O]=[99Tc+3]. The Morgan fingerprint density at radius 2 is 1.26 bits per heavy atom. The van der Waals surface area contributed by atoms with Crippen LogP contribution in [0.5, 0.6) is 11.5 Å². The first-order valence-corrected chi connectivity index (χ1v) is 33.6. The number of likely N-dealkylation sites (N-methyl/N-ethyl adjacent to an activating group) is 1. The fourth-order valence-electron chi connectivity index (χ4n) is 10.3. The van der Waals surface area contributed by atoms with Gasteiger partial charge < -0.3 is 107 Å². The molecule has 0 spiro atoms. The number of para-hydroxylation sites is 1. The van der Waals surface area contributed by atoms with Gasteiger partial charge in [0.25, 0.3) is 0 Å². The van der Waals surface area contributed by atoms with Crippen LogP contribution in [-0.2, 0) is 99.0 Å². The number of hydrogen-bond donors (Lipinski definition) is 15. The van der Waals surface area contributed by atoms with E-state index in [0.29, 0.717) is 35.1 Å². The minimum absolute atomic E-state index is 0.0182. The molecule has 1 saturated heterocycles. The van der Waals surface area contributed by atoms with Crippen LogP contribution in [-0.4, -0.2) is 211 Å². The van der Waals surface area contributed by atoms with Crippen molar-refractivity contribution in [3.63, 3.8) is 0 Å². The van der Waals surface area contributed by atoms with Gasteiger partial charge in [0.05, 0.1) is 36.7 Å². The number of aliphatic hydroxyl groups excluding tert-OH is 3. The second kappa shape index (κ2) is 40.4. The van der Waals surface area contributed by atoms with Gasteiger partial charge in [-0.15, -0.1) is 5.75 Å². The van der Waals surface area contributed by atoms with Gasteiger partial charge in [-0.1, -0.05) is 72.8 Å². The van der Waals surface area contributed by atoms with E-state index < -0.39 is 151 Å². The Morgan fingerprint density at radius 1 is 0.701 bits per heavy atom. The van der Waals surface area contributed by atoms with Crippen molar-refractivity contribution < 1.29 is 96.5 Å². The summed E-state index contributed by atoms with van der Waals surface area (Å²) in [5.41, 5.74) is 14.8. The number of rotatable bonds is 29. The van der Waals surface area contributed by atoms with Crippen molar-refractivity contribution in [1.29, 1.82) is 0 Å². The van der Waals surface area contributed by atoms with Crippen LogP contribution < -0.4 is 58.9 Å². The number of carbonyl (C=O) groups excluding carboxylic acids is 8. The number of thioether (sulfide) groups is 1. The van der Waals surface area contributed by atoms with Gasteiger partial charge in [0.1, 0.15) is 53.8 Å². The van der Waals surface area contributed by atoms with Crippen molar-refractivity contribution in [2.24, 2.45) is 21.5 Å². The molecule has 0 radical (unpaired) electrons. The molecule has 2 heterocycles. The van der Waals surface area contributed by atoms with E-state index in [-0.39, 0.29) is 68.1 Å². The Kier molecular flexibility index (Phi) is 33.1. The van der Waals surface area contributed by atoms with Crippen LogP contribution in [0.25, 0.3) is 10.9 Å². The molecule has 8 amide bonds. The molecular formula is C65H84N13O16S2Tc. The van der Waals surface area contributed by atoms with Crippen LogP contribution in [0.1, 0.15) is 61.8 Å². The van der Waals surface area contributed by atoms with Crippen molar-refractivity contribution >= 4 is 94.3 Å². The number of aromatic amines is 1. The Morgan fingerprint density at radius 3 is 1.88 bits per heavy atom. The van der Waals surface area contributed by atoms with Gasteiger partial charge in [0.2, 0.25) is 47.3 Å². The third-order valence-electron chi connectivity index (χ3n) is 15.8. The normalized spacial score (nSPS) is 20.5. The zero-order valence-corrected chi connectivity index (χ0v) is 57.1. The summed E-state index contributed by atoms with van der Waals surface area (Å²) < 4.78 is 8.22. The zero-order chi connectivity index (χ0) is 71.3. The maximum atomic E-state index is 15.2. The Balaban J connectivity index is 0.00000842. The van der Waals surface area contributed by atoms with E-state index in [4.69, 9.17) is 27.6 Å². The topological polar surface area (TPSA) is 481 Å². The third kappa shape index (κ3) is 24.9.